The molecule has 0 radical (unpaired) electrons. The zero-order chi connectivity index (χ0) is 19.0. The van der Waals surface area contributed by atoms with Crippen LogP contribution in [0.1, 0.15) is 6.92 Å². The van der Waals surface area contributed by atoms with Crippen molar-refractivity contribution in [3.05, 3.63) is 42.5 Å². The number of hydrogen-bond acceptors (Lipinski definition) is 4. The van der Waals surface area contributed by atoms with Crippen LogP contribution in [0, 0.1) is 5.82 Å². The van der Waals surface area contributed by atoms with Gasteiger partial charge in [0.05, 0.1) is 25.0 Å². The fourth-order valence-corrected chi connectivity index (χ4v) is 2.90. The van der Waals surface area contributed by atoms with Crippen molar-refractivity contribution >= 4 is 28.4 Å². The van der Waals surface area contributed by atoms with Gasteiger partial charge in [0.1, 0.15) is 17.7 Å². The molecule has 2 N–H and O–H groups in total. The van der Waals surface area contributed by atoms with E-state index < -0.39 is 18.0 Å². The van der Waals surface area contributed by atoms with Crippen LogP contribution in [0.2, 0.25) is 0 Å². The first-order valence-electron chi connectivity index (χ1n) is 8.62. The third-order valence-corrected chi connectivity index (χ3v) is 4.31. The summed E-state index contributed by atoms with van der Waals surface area (Å²) in [5, 5.41) is 10.9. The number of nitrogens with one attached hydrogen (secondary N) is 2. The molecular weight excluding hydrogens is 354 g/mol. The highest BCUT2D eigenvalue weighted by molar-refractivity contribution is 5.90. The molecule has 9 heteroatoms. The lowest BCUT2D eigenvalue weighted by atomic mass is 10.2. The van der Waals surface area contributed by atoms with Crippen LogP contribution in [0.5, 0.6) is 0 Å². The van der Waals surface area contributed by atoms with E-state index >= 15 is 0 Å². The van der Waals surface area contributed by atoms with Gasteiger partial charge >= 0.3 is 6.03 Å². The van der Waals surface area contributed by atoms with E-state index in [0.29, 0.717) is 11.3 Å². The molecule has 1 aromatic carbocycles. The maximum Gasteiger partial charge on any atom is 0.322 e. The molecule has 0 spiro atoms. The van der Waals surface area contributed by atoms with E-state index in [1.807, 2.05) is 13.0 Å². The van der Waals surface area contributed by atoms with Crippen LogP contribution < -0.4 is 10.6 Å². The van der Waals surface area contributed by atoms with E-state index in [1.165, 1.54) is 27.8 Å². The molecule has 2 amide bonds. The molecule has 2 aromatic heterocycles. The number of likely N-dealkylation sites (tertiary alicyclic amines) is 1. The van der Waals surface area contributed by atoms with Gasteiger partial charge in [0.25, 0.3) is 0 Å². The zero-order valence-corrected chi connectivity index (χ0v) is 14.6. The molecule has 1 aliphatic rings. The highest BCUT2D eigenvalue weighted by Crippen LogP contribution is 2.23. The molecule has 0 aliphatic carbocycles. The van der Waals surface area contributed by atoms with Crippen LogP contribution in [0.25, 0.3) is 16.7 Å². The summed E-state index contributed by atoms with van der Waals surface area (Å²) in [7, 11) is 0. The molecule has 27 heavy (non-hydrogen) atoms. The molecule has 0 saturated carbocycles. The number of anilines is 2. The molecule has 3 aromatic rings. The minimum absolute atomic E-state index is 0.0736. The Kier molecular flexibility index (Phi) is 4.35. The van der Waals surface area contributed by atoms with Crippen molar-refractivity contribution in [1.82, 2.24) is 19.7 Å². The number of pyridine rings is 1. The Bertz CT molecular complexity index is 999. The number of rotatable bonds is 4. The molecule has 7 nitrogen and oxygen atoms in total. The Morgan fingerprint density at radius 2 is 2.11 bits per heavy atom. The smallest absolute Gasteiger partial charge is 0.322 e. The van der Waals surface area contributed by atoms with E-state index in [2.05, 4.69) is 20.7 Å². The molecule has 0 bridgehead atoms. The Hall–Kier alpha value is -3.23. The monoisotopic (exact) mass is 372 g/mol. The van der Waals surface area contributed by atoms with Gasteiger partial charge < -0.3 is 15.5 Å². The molecule has 1 aliphatic heterocycles. The lowest BCUT2D eigenvalue weighted by molar-refractivity contribution is 0.0974. The number of carbonyl (C=O) groups excluding carboxylic acids is 1. The Morgan fingerprint density at radius 3 is 2.85 bits per heavy atom. The highest BCUT2D eigenvalue weighted by Gasteiger charge is 2.30. The third kappa shape index (κ3) is 3.40. The van der Waals surface area contributed by atoms with Crippen molar-refractivity contribution in [2.24, 2.45) is 0 Å². The molecule has 1 saturated heterocycles. The number of hydrogen-bond donors (Lipinski definition) is 2. The third-order valence-electron chi connectivity index (χ3n) is 4.31. The standard InChI is InChI=1S/C18H18F2N6O/c1-2-21-14-5-11-8-26(24-17(11)22-7-14)16-6-13(3-4-15(16)20)23-18(27)25-9-12(19)10-25/h3-8,12,21H,2,9-10H2,1H3,(H,23,27). The van der Waals surface area contributed by atoms with E-state index in [1.54, 1.807) is 12.4 Å². The normalized spacial score (nSPS) is 14.3. The maximum absolute atomic E-state index is 14.3. The van der Waals surface area contributed by atoms with Crippen LogP contribution in [-0.4, -0.2) is 51.5 Å². The van der Waals surface area contributed by atoms with Gasteiger partial charge in [-0.15, -0.1) is 5.10 Å². The molecule has 1 fully saturated rings. The Labute approximate surface area is 154 Å². The van der Waals surface area contributed by atoms with Gasteiger partial charge in [-0.2, -0.15) is 0 Å². The molecule has 0 unspecified atom stereocenters. The summed E-state index contributed by atoms with van der Waals surface area (Å²) in [6.07, 6.45) is 2.37. The van der Waals surface area contributed by atoms with Gasteiger partial charge in [-0.1, -0.05) is 0 Å². The van der Waals surface area contributed by atoms with E-state index in [-0.39, 0.29) is 18.8 Å². The van der Waals surface area contributed by atoms with Crippen molar-refractivity contribution in [2.45, 2.75) is 13.1 Å². The number of halogens is 2. The lowest BCUT2D eigenvalue weighted by Crippen LogP contribution is -2.53. The topological polar surface area (TPSA) is 75.1 Å². The van der Waals surface area contributed by atoms with Crippen LogP contribution in [0.3, 0.4) is 0 Å². The van der Waals surface area contributed by atoms with Gasteiger partial charge in [0, 0.05) is 23.8 Å². The predicted octanol–water partition coefficient (Wildman–Crippen LogP) is 3.18. The maximum atomic E-state index is 14.3. The van der Waals surface area contributed by atoms with Crippen LogP contribution in [0.4, 0.5) is 25.0 Å². The number of amides is 2. The van der Waals surface area contributed by atoms with Gasteiger partial charge in [-0.05, 0) is 31.2 Å². The van der Waals surface area contributed by atoms with Gasteiger partial charge in [-0.3, -0.25) is 0 Å². The molecule has 140 valence electrons. The number of urea groups is 1. The second-order valence-electron chi connectivity index (χ2n) is 6.34. The number of alkyl halides is 1. The average molecular weight is 372 g/mol. The molecule has 3 heterocycles. The highest BCUT2D eigenvalue weighted by atomic mass is 19.1. The Morgan fingerprint density at radius 1 is 1.30 bits per heavy atom. The molecule has 4 rings (SSSR count). The summed E-state index contributed by atoms with van der Waals surface area (Å²) in [5.41, 5.74) is 1.93. The number of carbonyl (C=O) groups is 1. The lowest BCUT2D eigenvalue weighted by Gasteiger charge is -2.34. The van der Waals surface area contributed by atoms with Crippen molar-refractivity contribution in [3.63, 3.8) is 0 Å². The number of nitrogens with zero attached hydrogens (tertiary/aromatic N) is 4. The van der Waals surface area contributed by atoms with Crippen LogP contribution >= 0.6 is 0 Å². The largest absolute Gasteiger partial charge is 0.384 e. The van der Waals surface area contributed by atoms with Crippen LogP contribution in [-0.2, 0) is 0 Å². The van der Waals surface area contributed by atoms with E-state index in [4.69, 9.17) is 0 Å². The van der Waals surface area contributed by atoms with Gasteiger partial charge in [-0.25, -0.2) is 23.2 Å². The number of benzene rings is 1. The van der Waals surface area contributed by atoms with Crippen molar-refractivity contribution in [3.8, 4) is 5.69 Å². The first kappa shape index (κ1) is 17.2. The average Bonchev–Trinajstić information content (AvgIpc) is 3.04. The second kappa shape index (κ2) is 6.82. The molecular formula is C18H18F2N6O. The van der Waals surface area contributed by atoms with Gasteiger partial charge in [0.15, 0.2) is 5.65 Å². The number of fused-ring (bicyclic) bond motifs is 1. The molecule has 0 atom stereocenters. The predicted molar refractivity (Wildman–Crippen MR) is 98.5 cm³/mol. The first-order valence-corrected chi connectivity index (χ1v) is 8.62. The van der Waals surface area contributed by atoms with Gasteiger partial charge in [0.2, 0.25) is 0 Å². The first-order chi connectivity index (χ1) is 13.0. The summed E-state index contributed by atoms with van der Waals surface area (Å²) in [6, 6.07) is 5.66. The van der Waals surface area contributed by atoms with E-state index in [0.717, 1.165) is 17.6 Å². The summed E-state index contributed by atoms with van der Waals surface area (Å²) in [6.45, 7) is 2.89. The fraction of sp³-hybridized carbons (Fsp3) is 0.278. The van der Waals surface area contributed by atoms with Crippen molar-refractivity contribution < 1.29 is 13.6 Å². The summed E-state index contributed by atoms with van der Waals surface area (Å²) in [5.74, 6) is -0.486. The Balaban J connectivity index is 1.61. The minimum atomic E-state index is -0.976. The van der Waals surface area contributed by atoms with Crippen molar-refractivity contribution in [2.75, 3.05) is 30.3 Å². The van der Waals surface area contributed by atoms with Crippen LogP contribution in [0.15, 0.2) is 36.7 Å². The number of aromatic nitrogens is 3. The van der Waals surface area contributed by atoms with Crippen molar-refractivity contribution in [1.29, 1.82) is 0 Å². The van der Waals surface area contributed by atoms with E-state index in [9.17, 15) is 13.6 Å². The quantitative estimate of drug-likeness (QED) is 0.738. The summed E-state index contributed by atoms with van der Waals surface area (Å²) < 4.78 is 28.6. The SMILES string of the molecule is CCNc1cnc2nn(-c3cc(NC(=O)N4CC(F)C4)ccc3F)cc2c1. The zero-order valence-electron chi connectivity index (χ0n) is 14.6. The second-order valence-corrected chi connectivity index (χ2v) is 6.34. The summed E-state index contributed by atoms with van der Waals surface area (Å²) in [4.78, 5) is 17.6. The minimum Gasteiger partial charge on any atom is -0.384 e. The fourth-order valence-electron chi connectivity index (χ4n) is 2.90. The summed E-state index contributed by atoms with van der Waals surface area (Å²) >= 11 is 0.